The van der Waals surface area contributed by atoms with Gasteiger partial charge in [0.1, 0.15) is 0 Å². The second-order valence-electron chi connectivity index (χ2n) is 7.94. The highest BCUT2D eigenvalue weighted by Gasteiger charge is 2.27. The zero-order valence-corrected chi connectivity index (χ0v) is 17.9. The third-order valence-electron chi connectivity index (χ3n) is 5.79. The second kappa shape index (κ2) is 9.26. The Hall–Kier alpha value is -2.26. The van der Waals surface area contributed by atoms with Crippen LogP contribution in [-0.4, -0.2) is 59.8 Å². The predicted octanol–water partition coefficient (Wildman–Crippen LogP) is 2.86. The second-order valence-corrected chi connectivity index (χ2v) is 9.88. The molecule has 3 heterocycles. The number of carbonyl (C=O) groups is 1. The van der Waals surface area contributed by atoms with E-state index in [1.165, 1.54) is 17.1 Å². The van der Waals surface area contributed by atoms with Crippen molar-refractivity contribution < 1.29 is 17.7 Å². The number of amides is 1. The zero-order chi connectivity index (χ0) is 21.0. The van der Waals surface area contributed by atoms with Gasteiger partial charge in [-0.3, -0.25) is 4.79 Å². The maximum absolute atomic E-state index is 12.6. The Balaban J connectivity index is 1.37. The van der Waals surface area contributed by atoms with Crippen LogP contribution in [0.1, 0.15) is 50.8 Å². The molecule has 8 nitrogen and oxygen atoms in total. The van der Waals surface area contributed by atoms with Crippen molar-refractivity contribution in [3.63, 3.8) is 0 Å². The highest BCUT2D eigenvalue weighted by atomic mass is 32.2. The third-order valence-corrected chi connectivity index (χ3v) is 7.71. The van der Waals surface area contributed by atoms with Gasteiger partial charge in [0.25, 0.3) is 0 Å². The van der Waals surface area contributed by atoms with Gasteiger partial charge in [-0.25, -0.2) is 8.42 Å². The first kappa shape index (κ1) is 21.0. The molecule has 30 heavy (non-hydrogen) atoms. The molecule has 0 spiro atoms. The highest BCUT2D eigenvalue weighted by molar-refractivity contribution is 7.89. The first-order chi connectivity index (χ1) is 14.5. The van der Waals surface area contributed by atoms with Crippen molar-refractivity contribution in [1.82, 2.24) is 19.3 Å². The lowest BCUT2D eigenvalue weighted by molar-refractivity contribution is -0.131. The van der Waals surface area contributed by atoms with Crippen molar-refractivity contribution in [3.8, 4) is 11.4 Å². The van der Waals surface area contributed by atoms with Crippen LogP contribution in [0.5, 0.6) is 0 Å². The van der Waals surface area contributed by atoms with E-state index in [0.717, 1.165) is 38.8 Å². The molecule has 2 aromatic rings. The van der Waals surface area contributed by atoms with Crippen LogP contribution in [0.3, 0.4) is 0 Å². The lowest BCUT2D eigenvalue weighted by Gasteiger charge is -2.19. The van der Waals surface area contributed by atoms with E-state index in [0.29, 0.717) is 43.2 Å². The summed E-state index contributed by atoms with van der Waals surface area (Å²) in [5.41, 5.74) is 0.684. The Kier molecular flexibility index (Phi) is 6.48. The molecule has 1 aromatic heterocycles. The monoisotopic (exact) mass is 432 g/mol. The number of aromatic nitrogens is 2. The first-order valence-corrected chi connectivity index (χ1v) is 12.2. The summed E-state index contributed by atoms with van der Waals surface area (Å²) < 4.78 is 32.1. The molecule has 0 unspecified atom stereocenters. The van der Waals surface area contributed by atoms with Crippen LogP contribution >= 0.6 is 0 Å². The standard InChI is InChI=1S/C21H28N4O4S/c26-20(24-13-3-1-2-4-14-24)12-11-19-22-21(23-29-19)17-7-9-18(10-8-17)30(27,28)25-15-5-6-16-25/h7-10H,1-6,11-16H2. The summed E-state index contributed by atoms with van der Waals surface area (Å²) in [7, 11) is -3.44. The van der Waals surface area contributed by atoms with Crippen LogP contribution in [0.15, 0.2) is 33.7 Å². The number of sulfonamides is 1. The van der Waals surface area contributed by atoms with Gasteiger partial charge in [-0.2, -0.15) is 9.29 Å². The van der Waals surface area contributed by atoms with E-state index >= 15 is 0 Å². The van der Waals surface area contributed by atoms with E-state index in [1.807, 2.05) is 4.90 Å². The van der Waals surface area contributed by atoms with E-state index in [9.17, 15) is 13.2 Å². The molecule has 0 N–H and O–H groups in total. The average Bonchev–Trinajstić information content (AvgIpc) is 3.40. The Labute approximate surface area is 177 Å². The summed E-state index contributed by atoms with van der Waals surface area (Å²) in [6.45, 7) is 2.82. The lowest BCUT2D eigenvalue weighted by atomic mass is 10.2. The van der Waals surface area contributed by atoms with Gasteiger partial charge in [-0.1, -0.05) is 18.0 Å². The van der Waals surface area contributed by atoms with Crippen molar-refractivity contribution in [2.45, 2.75) is 56.3 Å². The third kappa shape index (κ3) is 4.73. The fraction of sp³-hybridized carbons (Fsp3) is 0.571. The van der Waals surface area contributed by atoms with Gasteiger partial charge in [0.2, 0.25) is 27.6 Å². The summed E-state index contributed by atoms with van der Waals surface area (Å²) in [5.74, 6) is 0.951. The van der Waals surface area contributed by atoms with E-state index in [4.69, 9.17) is 4.52 Å². The normalized spacial score (nSPS) is 18.5. The van der Waals surface area contributed by atoms with E-state index in [2.05, 4.69) is 10.1 Å². The number of aryl methyl sites for hydroxylation is 1. The minimum Gasteiger partial charge on any atom is -0.343 e. The SMILES string of the molecule is O=C(CCc1nc(-c2ccc(S(=O)(=O)N3CCCC3)cc2)no1)N1CCCCCC1. The molecule has 1 amide bonds. The van der Waals surface area contributed by atoms with Crippen LogP contribution < -0.4 is 0 Å². The fourth-order valence-electron chi connectivity index (χ4n) is 4.02. The van der Waals surface area contributed by atoms with Crippen LogP contribution in [0, 0.1) is 0 Å². The van der Waals surface area contributed by atoms with Crippen molar-refractivity contribution >= 4 is 15.9 Å². The first-order valence-electron chi connectivity index (χ1n) is 10.7. The minimum atomic E-state index is -3.44. The molecule has 9 heteroatoms. The van der Waals surface area contributed by atoms with Crippen molar-refractivity contribution in [1.29, 1.82) is 0 Å². The van der Waals surface area contributed by atoms with Gasteiger partial charge >= 0.3 is 0 Å². The summed E-state index contributed by atoms with van der Waals surface area (Å²) >= 11 is 0. The summed E-state index contributed by atoms with van der Waals surface area (Å²) in [6, 6.07) is 6.56. The molecule has 0 bridgehead atoms. The van der Waals surface area contributed by atoms with Gasteiger partial charge < -0.3 is 9.42 Å². The Morgan fingerprint density at radius 1 is 0.933 bits per heavy atom. The molecule has 1 aromatic carbocycles. The molecule has 2 fully saturated rings. The number of nitrogens with zero attached hydrogens (tertiary/aromatic N) is 4. The van der Waals surface area contributed by atoms with Crippen molar-refractivity contribution in [3.05, 3.63) is 30.2 Å². The predicted molar refractivity (Wildman–Crippen MR) is 111 cm³/mol. The van der Waals surface area contributed by atoms with E-state index in [-0.39, 0.29) is 10.8 Å². The topological polar surface area (TPSA) is 96.6 Å². The van der Waals surface area contributed by atoms with E-state index < -0.39 is 10.0 Å². The van der Waals surface area contributed by atoms with Crippen molar-refractivity contribution in [2.75, 3.05) is 26.2 Å². The van der Waals surface area contributed by atoms with Crippen LogP contribution in [0.2, 0.25) is 0 Å². The van der Waals surface area contributed by atoms with Gasteiger partial charge in [0, 0.05) is 44.6 Å². The highest BCUT2D eigenvalue weighted by Crippen LogP contribution is 2.24. The molecule has 0 saturated carbocycles. The van der Waals surface area contributed by atoms with Gasteiger partial charge in [0.15, 0.2) is 0 Å². The van der Waals surface area contributed by atoms with Gasteiger partial charge in [0.05, 0.1) is 4.90 Å². The minimum absolute atomic E-state index is 0.133. The molecule has 0 aliphatic carbocycles. The van der Waals surface area contributed by atoms with Crippen LogP contribution in [0.25, 0.3) is 11.4 Å². The fourth-order valence-corrected chi connectivity index (χ4v) is 5.54. The molecule has 2 aliphatic rings. The number of rotatable bonds is 6. The Morgan fingerprint density at radius 3 is 2.23 bits per heavy atom. The van der Waals surface area contributed by atoms with Gasteiger partial charge in [-0.15, -0.1) is 0 Å². The summed E-state index contributed by atoms with van der Waals surface area (Å²) in [4.78, 5) is 19.0. The largest absolute Gasteiger partial charge is 0.343 e. The average molecular weight is 433 g/mol. The molecule has 0 atom stereocenters. The van der Waals surface area contributed by atoms with E-state index in [1.54, 1.807) is 24.3 Å². The number of likely N-dealkylation sites (tertiary alicyclic amines) is 1. The number of benzene rings is 1. The van der Waals surface area contributed by atoms with Crippen molar-refractivity contribution in [2.24, 2.45) is 0 Å². The number of hydrogen-bond donors (Lipinski definition) is 0. The smallest absolute Gasteiger partial charge is 0.243 e. The maximum atomic E-state index is 12.6. The summed E-state index contributed by atoms with van der Waals surface area (Å²) in [5, 5.41) is 3.99. The quantitative estimate of drug-likeness (QED) is 0.696. The number of carbonyl (C=O) groups excluding carboxylic acids is 1. The van der Waals surface area contributed by atoms with Crippen LogP contribution in [0.4, 0.5) is 0 Å². The molecule has 0 radical (unpaired) electrons. The Bertz CT molecular complexity index is 957. The molecule has 162 valence electrons. The molecule has 4 rings (SSSR count). The Morgan fingerprint density at radius 2 is 1.57 bits per heavy atom. The lowest BCUT2D eigenvalue weighted by Crippen LogP contribution is -2.31. The van der Waals surface area contributed by atoms with Gasteiger partial charge in [-0.05, 0) is 49.9 Å². The molecule has 2 saturated heterocycles. The summed E-state index contributed by atoms with van der Waals surface area (Å²) in [6.07, 6.45) is 7.09. The zero-order valence-electron chi connectivity index (χ0n) is 17.1. The molecule has 2 aliphatic heterocycles. The van der Waals surface area contributed by atoms with Crippen LogP contribution in [-0.2, 0) is 21.2 Å². The maximum Gasteiger partial charge on any atom is 0.243 e. The number of hydrogen-bond acceptors (Lipinski definition) is 6. The molecular weight excluding hydrogens is 404 g/mol. The molecular formula is C21H28N4O4S.